The molecule has 0 spiro atoms. The number of methoxy groups -OCH3 is 2. The molecule has 0 bridgehead atoms. The molecule has 0 N–H and O–H groups in total. The van der Waals surface area contributed by atoms with Crippen molar-refractivity contribution in [2.45, 2.75) is 6.61 Å². The van der Waals surface area contributed by atoms with Crippen molar-refractivity contribution in [3.63, 3.8) is 0 Å². The van der Waals surface area contributed by atoms with E-state index in [9.17, 15) is 14.4 Å². The zero-order valence-corrected chi connectivity index (χ0v) is 18.1. The molecule has 0 radical (unpaired) electrons. The van der Waals surface area contributed by atoms with Crippen LogP contribution in [-0.2, 0) is 20.9 Å². The first-order valence-corrected chi connectivity index (χ1v) is 9.47. The van der Waals surface area contributed by atoms with E-state index in [0.717, 1.165) is 0 Å². The summed E-state index contributed by atoms with van der Waals surface area (Å²) < 4.78 is 21.0. The minimum atomic E-state index is -0.579. The topological polar surface area (TPSA) is 98.5 Å². The molecule has 1 aliphatic rings. The first kappa shape index (κ1) is 22.0. The van der Waals surface area contributed by atoms with Gasteiger partial charge in [-0.2, -0.15) is 0 Å². The third-order valence-electron chi connectivity index (χ3n) is 4.56. The molecular formula is C21H20N2O7S. The highest BCUT2D eigenvalue weighted by molar-refractivity contribution is 7.80. The lowest BCUT2D eigenvalue weighted by molar-refractivity contribution is -0.132. The van der Waals surface area contributed by atoms with Crippen LogP contribution in [0.2, 0.25) is 0 Å². The van der Waals surface area contributed by atoms with E-state index < -0.39 is 17.8 Å². The van der Waals surface area contributed by atoms with E-state index in [0.29, 0.717) is 22.8 Å². The number of carbonyl (C=O) groups is 3. The van der Waals surface area contributed by atoms with Gasteiger partial charge in [-0.3, -0.25) is 19.4 Å². The van der Waals surface area contributed by atoms with Crippen LogP contribution in [0.1, 0.15) is 21.9 Å². The Hall–Kier alpha value is -3.66. The zero-order chi connectivity index (χ0) is 22.7. The van der Waals surface area contributed by atoms with Crippen molar-refractivity contribution in [1.29, 1.82) is 0 Å². The molecule has 2 aromatic rings. The first-order chi connectivity index (χ1) is 14.8. The van der Waals surface area contributed by atoms with Gasteiger partial charge >= 0.3 is 5.97 Å². The maximum absolute atomic E-state index is 12.5. The van der Waals surface area contributed by atoms with Gasteiger partial charge in [-0.25, -0.2) is 4.79 Å². The second kappa shape index (κ2) is 9.00. The van der Waals surface area contributed by atoms with E-state index in [1.807, 2.05) is 0 Å². The Bertz CT molecular complexity index is 1060. The third-order valence-corrected chi connectivity index (χ3v) is 5.11. The normalized spacial score (nSPS) is 14.1. The SMILES string of the molecule is COC(=O)c1ccc(COc2ccc(C=C3C(=O)N(C)C(=S)N(C)C3=O)cc2OC)o1. The summed E-state index contributed by atoms with van der Waals surface area (Å²) in [4.78, 5) is 38.9. The number of thiocarbonyl (C=S) groups is 1. The molecule has 0 saturated carbocycles. The lowest BCUT2D eigenvalue weighted by Crippen LogP contribution is -2.52. The van der Waals surface area contributed by atoms with Gasteiger partial charge in [0, 0.05) is 14.1 Å². The van der Waals surface area contributed by atoms with E-state index in [2.05, 4.69) is 4.74 Å². The molecule has 0 atom stereocenters. The van der Waals surface area contributed by atoms with Crippen molar-refractivity contribution in [3.05, 3.63) is 53.0 Å². The van der Waals surface area contributed by atoms with E-state index in [1.165, 1.54) is 50.3 Å². The van der Waals surface area contributed by atoms with Gasteiger partial charge in [-0.05, 0) is 48.1 Å². The number of amides is 2. The van der Waals surface area contributed by atoms with Crippen molar-refractivity contribution in [2.75, 3.05) is 28.3 Å². The molecule has 1 saturated heterocycles. The molecule has 1 aromatic carbocycles. The Kier molecular flexibility index (Phi) is 6.40. The van der Waals surface area contributed by atoms with Crippen LogP contribution in [0, 0.1) is 0 Å². The molecule has 162 valence electrons. The number of ether oxygens (including phenoxy) is 3. The van der Waals surface area contributed by atoms with Crippen molar-refractivity contribution >= 4 is 41.2 Å². The van der Waals surface area contributed by atoms with E-state index in [1.54, 1.807) is 24.3 Å². The van der Waals surface area contributed by atoms with Crippen LogP contribution in [0.15, 0.2) is 40.3 Å². The van der Waals surface area contributed by atoms with Crippen LogP contribution in [0.25, 0.3) is 6.08 Å². The first-order valence-electron chi connectivity index (χ1n) is 9.06. The van der Waals surface area contributed by atoms with Gasteiger partial charge in [0.05, 0.1) is 14.2 Å². The maximum atomic E-state index is 12.5. The number of furan rings is 1. The Morgan fingerprint density at radius 2 is 1.74 bits per heavy atom. The highest BCUT2D eigenvalue weighted by Gasteiger charge is 2.35. The summed E-state index contributed by atoms with van der Waals surface area (Å²) in [6.45, 7) is 0.0534. The molecule has 1 aliphatic heterocycles. The summed E-state index contributed by atoms with van der Waals surface area (Å²) >= 11 is 5.08. The number of carbonyl (C=O) groups excluding carboxylic acids is 3. The smallest absolute Gasteiger partial charge is 0.373 e. The Labute approximate surface area is 183 Å². The summed E-state index contributed by atoms with van der Waals surface area (Å²) in [5, 5.41) is 0.141. The van der Waals surface area contributed by atoms with Crippen LogP contribution in [0.5, 0.6) is 11.5 Å². The number of benzene rings is 1. The number of hydrogen-bond donors (Lipinski definition) is 0. The molecule has 1 fully saturated rings. The van der Waals surface area contributed by atoms with Gasteiger partial charge < -0.3 is 18.6 Å². The fraction of sp³-hybridized carbons (Fsp3) is 0.238. The van der Waals surface area contributed by atoms with Gasteiger partial charge in [0.1, 0.15) is 17.9 Å². The largest absolute Gasteiger partial charge is 0.493 e. The van der Waals surface area contributed by atoms with Crippen LogP contribution in [-0.4, -0.2) is 61.0 Å². The molecule has 1 aromatic heterocycles. The Morgan fingerprint density at radius 1 is 1.06 bits per heavy atom. The average molecular weight is 444 g/mol. The maximum Gasteiger partial charge on any atom is 0.373 e. The van der Waals surface area contributed by atoms with Gasteiger partial charge in [0.15, 0.2) is 16.6 Å². The number of hydrogen-bond acceptors (Lipinski definition) is 8. The lowest BCUT2D eigenvalue weighted by Gasteiger charge is -2.31. The predicted molar refractivity (Wildman–Crippen MR) is 113 cm³/mol. The molecule has 31 heavy (non-hydrogen) atoms. The van der Waals surface area contributed by atoms with Gasteiger partial charge in [0.25, 0.3) is 11.8 Å². The quantitative estimate of drug-likeness (QED) is 0.290. The highest BCUT2D eigenvalue weighted by atomic mass is 32.1. The Balaban J connectivity index is 1.80. The van der Waals surface area contributed by atoms with Crippen molar-refractivity contribution < 1.29 is 33.0 Å². The molecule has 0 aliphatic carbocycles. The number of likely N-dealkylation sites (N-methyl/N-ethyl adjacent to an activating group) is 2. The van der Waals surface area contributed by atoms with Crippen LogP contribution >= 0.6 is 12.2 Å². The fourth-order valence-electron chi connectivity index (χ4n) is 2.85. The molecule has 0 unspecified atom stereocenters. The van der Waals surface area contributed by atoms with E-state index in [-0.39, 0.29) is 23.1 Å². The molecule has 2 heterocycles. The minimum Gasteiger partial charge on any atom is -0.493 e. The zero-order valence-electron chi connectivity index (χ0n) is 17.3. The van der Waals surface area contributed by atoms with Crippen molar-refractivity contribution in [1.82, 2.24) is 9.80 Å². The number of rotatable bonds is 6. The van der Waals surface area contributed by atoms with Crippen LogP contribution in [0.3, 0.4) is 0 Å². The fourth-order valence-corrected chi connectivity index (χ4v) is 3.02. The predicted octanol–water partition coefficient (Wildman–Crippen LogP) is 2.25. The lowest BCUT2D eigenvalue weighted by atomic mass is 10.1. The summed E-state index contributed by atoms with van der Waals surface area (Å²) in [5.74, 6) is -0.233. The van der Waals surface area contributed by atoms with Gasteiger partial charge in [-0.1, -0.05) is 6.07 Å². The average Bonchev–Trinajstić information content (AvgIpc) is 3.26. The van der Waals surface area contributed by atoms with Gasteiger partial charge in [0.2, 0.25) is 5.76 Å². The van der Waals surface area contributed by atoms with E-state index in [4.69, 9.17) is 26.1 Å². The number of esters is 1. The molecule has 3 rings (SSSR count). The molecule has 2 amide bonds. The molecular weight excluding hydrogens is 424 g/mol. The van der Waals surface area contributed by atoms with Crippen molar-refractivity contribution in [2.24, 2.45) is 0 Å². The van der Waals surface area contributed by atoms with Crippen LogP contribution in [0.4, 0.5) is 0 Å². The third kappa shape index (κ3) is 4.43. The second-order valence-electron chi connectivity index (χ2n) is 6.53. The number of nitrogens with zero attached hydrogens (tertiary/aromatic N) is 2. The summed E-state index contributed by atoms with van der Waals surface area (Å²) in [6, 6.07) is 8.06. The van der Waals surface area contributed by atoms with E-state index >= 15 is 0 Å². The minimum absolute atomic E-state index is 0.0137. The molecule has 9 nitrogen and oxygen atoms in total. The monoisotopic (exact) mass is 444 g/mol. The van der Waals surface area contributed by atoms with Crippen LogP contribution < -0.4 is 9.47 Å². The summed E-state index contributed by atoms with van der Waals surface area (Å²) in [6.07, 6.45) is 1.47. The molecule has 10 heteroatoms. The summed E-state index contributed by atoms with van der Waals surface area (Å²) in [5.41, 5.74) is 0.557. The highest BCUT2D eigenvalue weighted by Crippen LogP contribution is 2.30. The Morgan fingerprint density at radius 3 is 2.35 bits per heavy atom. The second-order valence-corrected chi connectivity index (χ2v) is 6.89. The standard InChI is InChI=1S/C21H20N2O7S/c1-22-18(24)14(19(25)23(2)21(22)31)9-12-5-7-15(17(10-12)27-3)29-11-13-6-8-16(30-13)20(26)28-4/h5-10H,11H2,1-4H3. The van der Waals surface area contributed by atoms with Crippen molar-refractivity contribution in [3.8, 4) is 11.5 Å². The summed E-state index contributed by atoms with van der Waals surface area (Å²) in [7, 11) is 5.76. The van der Waals surface area contributed by atoms with Gasteiger partial charge in [-0.15, -0.1) is 0 Å².